The van der Waals surface area contributed by atoms with Crippen LogP contribution in [-0.4, -0.2) is 27.1 Å². The Morgan fingerprint density at radius 2 is 1.97 bits per heavy atom. The third kappa shape index (κ3) is 5.20. The molecule has 0 saturated carbocycles. The number of thiophene rings is 1. The van der Waals surface area contributed by atoms with E-state index in [0.29, 0.717) is 35.1 Å². The summed E-state index contributed by atoms with van der Waals surface area (Å²) >= 11 is 7.28. The Morgan fingerprint density at radius 3 is 2.68 bits per heavy atom. The summed E-state index contributed by atoms with van der Waals surface area (Å²) in [6.07, 6.45) is 2.51. The van der Waals surface area contributed by atoms with Crippen LogP contribution in [0.1, 0.15) is 38.2 Å². The van der Waals surface area contributed by atoms with E-state index in [1.165, 1.54) is 11.3 Å². The third-order valence-corrected chi connectivity index (χ3v) is 7.14. The summed E-state index contributed by atoms with van der Waals surface area (Å²) in [4.78, 5) is 31.1. The van der Waals surface area contributed by atoms with Crippen LogP contribution >= 0.6 is 22.9 Å². The molecule has 0 saturated heterocycles. The second kappa shape index (κ2) is 10.5. The minimum atomic E-state index is -0.724. The van der Waals surface area contributed by atoms with Gasteiger partial charge >= 0.3 is 0 Å². The van der Waals surface area contributed by atoms with Crippen molar-refractivity contribution in [3.63, 3.8) is 0 Å². The fourth-order valence-electron chi connectivity index (χ4n) is 3.78. The van der Waals surface area contributed by atoms with E-state index in [-0.39, 0.29) is 11.0 Å². The molecule has 3 N–H and O–H groups in total. The van der Waals surface area contributed by atoms with Crippen molar-refractivity contribution in [3.8, 4) is 0 Å². The SMILES string of the molecule is Cc1c(CNCC(O)c2ccccn2)sc2c(=O)c(C(=O)NCc3ccc(Cl)cc3)cn(C)c12. The molecular formula is C25H25ClN4O3S. The number of carbonyl (C=O) groups excluding carboxylic acids is 1. The highest BCUT2D eigenvalue weighted by Gasteiger charge is 2.19. The van der Waals surface area contributed by atoms with Crippen molar-refractivity contribution in [2.24, 2.45) is 7.05 Å². The Hall–Kier alpha value is -3.04. The summed E-state index contributed by atoms with van der Waals surface area (Å²) in [6.45, 7) is 3.09. The van der Waals surface area contributed by atoms with Crippen LogP contribution in [0.25, 0.3) is 10.2 Å². The number of pyridine rings is 2. The number of nitrogens with zero attached hydrogens (tertiary/aromatic N) is 2. The fourth-order valence-corrected chi connectivity index (χ4v) is 5.17. The topological polar surface area (TPSA) is 96.2 Å². The first-order valence-electron chi connectivity index (χ1n) is 10.8. The number of aliphatic hydroxyl groups is 1. The number of hydrogen-bond donors (Lipinski definition) is 3. The zero-order valence-electron chi connectivity index (χ0n) is 18.8. The molecule has 0 aliphatic heterocycles. The van der Waals surface area contributed by atoms with E-state index in [1.807, 2.05) is 36.7 Å². The van der Waals surface area contributed by atoms with E-state index < -0.39 is 12.0 Å². The maximum absolute atomic E-state index is 13.2. The van der Waals surface area contributed by atoms with Crippen LogP contribution in [0.5, 0.6) is 0 Å². The molecule has 3 heterocycles. The summed E-state index contributed by atoms with van der Waals surface area (Å²) < 4.78 is 2.37. The monoisotopic (exact) mass is 496 g/mol. The van der Waals surface area contributed by atoms with Crippen LogP contribution in [0.4, 0.5) is 0 Å². The fraction of sp³-hybridized carbons (Fsp3) is 0.240. The maximum atomic E-state index is 13.2. The number of hydrogen-bond acceptors (Lipinski definition) is 6. The van der Waals surface area contributed by atoms with Gasteiger partial charge in [0.2, 0.25) is 5.43 Å². The molecule has 7 nitrogen and oxygen atoms in total. The van der Waals surface area contributed by atoms with Crippen molar-refractivity contribution in [1.29, 1.82) is 0 Å². The van der Waals surface area contributed by atoms with E-state index in [2.05, 4.69) is 15.6 Å². The van der Waals surface area contributed by atoms with Crippen LogP contribution in [0.2, 0.25) is 5.02 Å². The van der Waals surface area contributed by atoms with Crippen LogP contribution in [-0.2, 0) is 20.1 Å². The van der Waals surface area contributed by atoms with E-state index in [9.17, 15) is 14.7 Å². The number of benzene rings is 1. The van der Waals surface area contributed by atoms with Gasteiger partial charge in [0.1, 0.15) is 11.7 Å². The van der Waals surface area contributed by atoms with Gasteiger partial charge in [0, 0.05) is 49.0 Å². The number of fused-ring (bicyclic) bond motifs is 1. The van der Waals surface area contributed by atoms with E-state index in [4.69, 9.17) is 11.6 Å². The first-order chi connectivity index (χ1) is 16.3. The zero-order valence-corrected chi connectivity index (χ0v) is 20.4. The van der Waals surface area contributed by atoms with Gasteiger partial charge in [-0.05, 0) is 42.3 Å². The standard InChI is InChI=1S/C25H25ClN4O3S/c1-15-21(13-27-12-20(31)19-5-3-4-10-28-19)34-24-22(15)30(2)14-18(23(24)32)25(33)29-11-16-6-8-17(26)9-7-16/h3-10,14,20,27,31H,11-13H2,1-2H3,(H,29,33). The van der Waals surface area contributed by atoms with E-state index in [0.717, 1.165) is 21.5 Å². The lowest BCUT2D eigenvalue weighted by Gasteiger charge is -2.11. The lowest BCUT2D eigenvalue weighted by Crippen LogP contribution is -2.29. The molecule has 3 aromatic heterocycles. The summed E-state index contributed by atoms with van der Waals surface area (Å²) in [5, 5.41) is 17.0. The average molecular weight is 497 g/mol. The highest BCUT2D eigenvalue weighted by Crippen LogP contribution is 2.28. The predicted octanol–water partition coefficient (Wildman–Crippen LogP) is 3.71. The van der Waals surface area contributed by atoms with Gasteiger partial charge in [-0.15, -0.1) is 11.3 Å². The number of amides is 1. The minimum absolute atomic E-state index is 0.107. The second-order valence-electron chi connectivity index (χ2n) is 8.02. The molecule has 0 fully saturated rings. The van der Waals surface area contributed by atoms with Crippen molar-refractivity contribution in [3.05, 3.63) is 97.4 Å². The highest BCUT2D eigenvalue weighted by atomic mass is 35.5. The third-order valence-electron chi connectivity index (χ3n) is 5.60. The van der Waals surface area contributed by atoms with Gasteiger partial charge < -0.3 is 20.3 Å². The smallest absolute Gasteiger partial charge is 0.257 e. The first kappa shape index (κ1) is 24.1. The molecule has 4 rings (SSSR count). The van der Waals surface area contributed by atoms with Crippen LogP contribution in [0.3, 0.4) is 0 Å². The number of aryl methyl sites for hydroxylation is 2. The molecule has 1 atom stereocenters. The van der Waals surface area contributed by atoms with Crippen molar-refractivity contribution in [2.75, 3.05) is 6.54 Å². The summed E-state index contributed by atoms with van der Waals surface area (Å²) in [5.74, 6) is -0.415. The van der Waals surface area contributed by atoms with Gasteiger partial charge in [-0.3, -0.25) is 14.6 Å². The molecule has 176 valence electrons. The second-order valence-corrected chi connectivity index (χ2v) is 9.56. The average Bonchev–Trinajstić information content (AvgIpc) is 3.18. The van der Waals surface area contributed by atoms with Gasteiger partial charge in [0.15, 0.2) is 0 Å². The summed E-state index contributed by atoms with van der Waals surface area (Å²) in [5.41, 5.74) is 3.11. The molecule has 0 bridgehead atoms. The molecule has 0 spiro atoms. The molecule has 0 aliphatic carbocycles. The zero-order chi connectivity index (χ0) is 24.2. The number of aliphatic hydroxyl groups excluding tert-OH is 1. The molecule has 34 heavy (non-hydrogen) atoms. The van der Waals surface area contributed by atoms with Crippen LogP contribution < -0.4 is 16.1 Å². The Kier molecular flexibility index (Phi) is 7.43. The van der Waals surface area contributed by atoms with Crippen LogP contribution in [0, 0.1) is 6.92 Å². The highest BCUT2D eigenvalue weighted by molar-refractivity contribution is 7.19. The number of carbonyl (C=O) groups is 1. The molecule has 4 aromatic rings. The summed E-state index contributed by atoms with van der Waals surface area (Å²) in [6, 6.07) is 12.6. The minimum Gasteiger partial charge on any atom is -0.385 e. The Morgan fingerprint density at radius 1 is 1.21 bits per heavy atom. The number of nitrogens with one attached hydrogen (secondary N) is 2. The van der Waals surface area contributed by atoms with Crippen LogP contribution in [0.15, 0.2) is 59.7 Å². The van der Waals surface area contributed by atoms with Crippen molar-refractivity contribution in [2.45, 2.75) is 26.1 Å². The quantitative estimate of drug-likeness (QED) is 0.345. The first-order valence-corrected chi connectivity index (χ1v) is 12.0. The van der Waals surface area contributed by atoms with Crippen molar-refractivity contribution < 1.29 is 9.90 Å². The number of aromatic nitrogens is 2. The van der Waals surface area contributed by atoms with Crippen molar-refractivity contribution >= 4 is 39.1 Å². The molecule has 1 aromatic carbocycles. The van der Waals surface area contributed by atoms with Crippen molar-refractivity contribution in [1.82, 2.24) is 20.2 Å². The molecule has 0 aliphatic rings. The number of halogens is 1. The van der Waals surface area contributed by atoms with E-state index in [1.54, 1.807) is 36.7 Å². The lowest BCUT2D eigenvalue weighted by atomic mass is 10.1. The Balaban J connectivity index is 1.49. The predicted molar refractivity (Wildman–Crippen MR) is 135 cm³/mol. The molecular weight excluding hydrogens is 472 g/mol. The largest absolute Gasteiger partial charge is 0.385 e. The van der Waals surface area contributed by atoms with Gasteiger partial charge in [-0.25, -0.2) is 0 Å². The molecule has 9 heteroatoms. The van der Waals surface area contributed by atoms with Gasteiger partial charge in [0.05, 0.1) is 15.9 Å². The Bertz CT molecular complexity index is 1370. The molecule has 0 radical (unpaired) electrons. The lowest BCUT2D eigenvalue weighted by molar-refractivity contribution is 0.0949. The molecule has 1 amide bonds. The molecule has 1 unspecified atom stereocenters. The Labute approximate surface area is 206 Å². The van der Waals surface area contributed by atoms with E-state index >= 15 is 0 Å². The van der Waals surface area contributed by atoms with Gasteiger partial charge in [-0.1, -0.05) is 29.8 Å². The van der Waals surface area contributed by atoms with Gasteiger partial charge in [-0.2, -0.15) is 0 Å². The summed E-state index contributed by atoms with van der Waals surface area (Å²) in [7, 11) is 1.83. The maximum Gasteiger partial charge on any atom is 0.257 e. The normalized spacial score (nSPS) is 12.1. The van der Waals surface area contributed by atoms with Gasteiger partial charge in [0.25, 0.3) is 5.91 Å². The number of rotatable bonds is 8.